The number of ketones is 1. The van der Waals surface area contributed by atoms with E-state index in [9.17, 15) is 4.79 Å². The van der Waals surface area contributed by atoms with Crippen LogP contribution in [0.15, 0.2) is 35.9 Å². The minimum Gasteiger partial charge on any atom is -0.497 e. The van der Waals surface area contributed by atoms with Crippen molar-refractivity contribution in [3.8, 4) is 23.0 Å². The van der Waals surface area contributed by atoms with Crippen LogP contribution in [0.1, 0.15) is 21.5 Å². The highest BCUT2D eigenvalue weighted by molar-refractivity contribution is 6.16. The Morgan fingerprint density at radius 1 is 0.958 bits per heavy atom. The zero-order chi connectivity index (χ0) is 16.7. The Kier molecular flexibility index (Phi) is 3.41. The summed E-state index contributed by atoms with van der Waals surface area (Å²) >= 11 is 0. The van der Waals surface area contributed by atoms with Crippen molar-refractivity contribution in [3.63, 3.8) is 0 Å². The van der Waals surface area contributed by atoms with E-state index in [2.05, 4.69) is 0 Å². The molecule has 2 aliphatic rings. The Morgan fingerprint density at radius 3 is 2.29 bits per heavy atom. The van der Waals surface area contributed by atoms with E-state index in [1.807, 2.05) is 24.3 Å². The summed E-state index contributed by atoms with van der Waals surface area (Å²) < 4.78 is 21.3. The Hall–Kier alpha value is -2.95. The SMILES string of the molecule is COc1cc(C=C2Cc3cc4c(cc3C2=O)OCO4)cc(OC)c1. The molecular weight excluding hydrogens is 308 g/mol. The molecule has 0 aromatic heterocycles. The molecule has 2 aromatic carbocycles. The van der Waals surface area contributed by atoms with Crippen molar-refractivity contribution in [1.29, 1.82) is 0 Å². The predicted octanol–water partition coefficient (Wildman–Crippen LogP) is 3.25. The van der Waals surface area contributed by atoms with Crippen LogP contribution < -0.4 is 18.9 Å². The number of carbonyl (C=O) groups is 1. The lowest BCUT2D eigenvalue weighted by atomic mass is 10.1. The smallest absolute Gasteiger partial charge is 0.231 e. The number of carbonyl (C=O) groups excluding carboxylic acids is 1. The molecule has 0 atom stereocenters. The quantitative estimate of drug-likeness (QED) is 0.811. The van der Waals surface area contributed by atoms with Crippen LogP contribution in [-0.2, 0) is 6.42 Å². The average molecular weight is 324 g/mol. The lowest BCUT2D eigenvalue weighted by Crippen LogP contribution is -1.96. The maximum Gasteiger partial charge on any atom is 0.231 e. The van der Waals surface area contributed by atoms with Gasteiger partial charge in [0.2, 0.25) is 6.79 Å². The van der Waals surface area contributed by atoms with E-state index in [0.29, 0.717) is 35.0 Å². The Balaban J connectivity index is 1.71. The van der Waals surface area contributed by atoms with Gasteiger partial charge in [0.1, 0.15) is 11.5 Å². The average Bonchev–Trinajstić information content (AvgIpc) is 3.17. The summed E-state index contributed by atoms with van der Waals surface area (Å²) in [6.07, 6.45) is 2.45. The second-order valence-electron chi connectivity index (χ2n) is 5.68. The highest BCUT2D eigenvalue weighted by Gasteiger charge is 2.28. The van der Waals surface area contributed by atoms with E-state index in [-0.39, 0.29) is 12.6 Å². The molecule has 24 heavy (non-hydrogen) atoms. The fraction of sp³-hybridized carbons (Fsp3) is 0.211. The first-order chi connectivity index (χ1) is 11.7. The molecule has 1 aliphatic carbocycles. The molecule has 0 unspecified atom stereocenters. The summed E-state index contributed by atoms with van der Waals surface area (Å²) in [5, 5.41) is 0. The van der Waals surface area contributed by atoms with Gasteiger partial charge in [-0.1, -0.05) is 0 Å². The number of benzene rings is 2. The third kappa shape index (κ3) is 2.38. The molecule has 1 aliphatic heterocycles. The van der Waals surface area contributed by atoms with Crippen LogP contribution in [-0.4, -0.2) is 26.8 Å². The van der Waals surface area contributed by atoms with E-state index in [1.165, 1.54) is 0 Å². The minimum absolute atomic E-state index is 0.0186. The second-order valence-corrected chi connectivity index (χ2v) is 5.68. The summed E-state index contributed by atoms with van der Waals surface area (Å²) in [6, 6.07) is 9.21. The van der Waals surface area contributed by atoms with Crippen LogP contribution in [0.2, 0.25) is 0 Å². The summed E-state index contributed by atoms with van der Waals surface area (Å²) in [7, 11) is 3.20. The van der Waals surface area contributed by atoms with E-state index in [4.69, 9.17) is 18.9 Å². The van der Waals surface area contributed by atoms with Crippen molar-refractivity contribution < 1.29 is 23.7 Å². The summed E-state index contributed by atoms with van der Waals surface area (Å²) in [4.78, 5) is 12.7. The molecule has 0 spiro atoms. The van der Waals surface area contributed by atoms with Crippen LogP contribution in [0.4, 0.5) is 0 Å². The Bertz CT molecular complexity index is 844. The largest absolute Gasteiger partial charge is 0.497 e. The third-order valence-corrected chi connectivity index (χ3v) is 4.23. The first kappa shape index (κ1) is 14.6. The van der Waals surface area contributed by atoms with Gasteiger partial charge >= 0.3 is 0 Å². The van der Waals surface area contributed by atoms with Crippen LogP contribution in [0, 0.1) is 0 Å². The molecule has 0 fully saturated rings. The van der Waals surface area contributed by atoms with E-state index in [0.717, 1.165) is 16.7 Å². The number of Topliss-reactive ketones (excluding diaryl/α,β-unsaturated/α-hetero) is 1. The lowest BCUT2D eigenvalue weighted by molar-refractivity contribution is 0.104. The number of allylic oxidation sites excluding steroid dienone is 1. The molecule has 0 N–H and O–H groups in total. The standard InChI is InChI=1S/C19H16O5/c1-21-14-4-11(5-15(8-14)22-2)3-13-6-12-7-17-18(24-10-23-17)9-16(12)19(13)20/h3-5,7-9H,6,10H2,1-2H3. The highest BCUT2D eigenvalue weighted by Crippen LogP contribution is 2.39. The van der Waals surface area contributed by atoms with Crippen molar-refractivity contribution in [2.75, 3.05) is 21.0 Å². The van der Waals surface area contributed by atoms with Gasteiger partial charge in [0.05, 0.1) is 14.2 Å². The number of rotatable bonds is 3. The molecule has 0 bridgehead atoms. The van der Waals surface area contributed by atoms with Crippen LogP contribution >= 0.6 is 0 Å². The molecule has 4 rings (SSSR count). The Labute approximate surface area is 139 Å². The molecule has 0 radical (unpaired) electrons. The minimum atomic E-state index is 0.0186. The van der Waals surface area contributed by atoms with Gasteiger partial charge in [-0.2, -0.15) is 0 Å². The molecule has 2 aromatic rings. The maximum absolute atomic E-state index is 12.7. The molecule has 5 nitrogen and oxygen atoms in total. The topological polar surface area (TPSA) is 54.0 Å². The van der Waals surface area contributed by atoms with Gasteiger partial charge in [0.15, 0.2) is 17.3 Å². The van der Waals surface area contributed by atoms with Crippen molar-refractivity contribution in [2.24, 2.45) is 0 Å². The highest BCUT2D eigenvalue weighted by atomic mass is 16.7. The third-order valence-electron chi connectivity index (χ3n) is 4.23. The van der Waals surface area contributed by atoms with Gasteiger partial charge in [-0.3, -0.25) is 4.79 Å². The molecular formula is C19H16O5. The molecule has 0 saturated carbocycles. The first-order valence-electron chi connectivity index (χ1n) is 7.59. The summed E-state index contributed by atoms with van der Waals surface area (Å²) in [5.74, 6) is 2.72. The van der Waals surface area contributed by atoms with Gasteiger partial charge in [0, 0.05) is 23.6 Å². The van der Waals surface area contributed by atoms with Crippen molar-refractivity contribution in [2.45, 2.75) is 6.42 Å². The van der Waals surface area contributed by atoms with Gasteiger partial charge in [-0.05, 0) is 41.5 Å². The molecule has 0 saturated heterocycles. The number of hydrogen-bond acceptors (Lipinski definition) is 5. The fourth-order valence-electron chi connectivity index (χ4n) is 3.03. The molecule has 1 heterocycles. The van der Waals surface area contributed by atoms with Gasteiger partial charge < -0.3 is 18.9 Å². The number of hydrogen-bond donors (Lipinski definition) is 0. The fourth-order valence-corrected chi connectivity index (χ4v) is 3.03. The number of ether oxygens (including phenoxy) is 4. The number of methoxy groups -OCH3 is 2. The van der Waals surface area contributed by atoms with E-state index < -0.39 is 0 Å². The zero-order valence-electron chi connectivity index (χ0n) is 13.4. The van der Waals surface area contributed by atoms with Crippen LogP contribution in [0.3, 0.4) is 0 Å². The van der Waals surface area contributed by atoms with Crippen LogP contribution in [0.5, 0.6) is 23.0 Å². The summed E-state index contributed by atoms with van der Waals surface area (Å²) in [6.45, 7) is 0.207. The molecule has 122 valence electrons. The van der Waals surface area contributed by atoms with Crippen molar-refractivity contribution in [3.05, 3.63) is 52.6 Å². The second kappa shape index (κ2) is 5.60. The van der Waals surface area contributed by atoms with Gasteiger partial charge in [-0.15, -0.1) is 0 Å². The zero-order valence-corrected chi connectivity index (χ0v) is 13.4. The van der Waals surface area contributed by atoms with E-state index >= 15 is 0 Å². The molecule has 5 heteroatoms. The summed E-state index contributed by atoms with van der Waals surface area (Å²) in [5.41, 5.74) is 3.23. The van der Waals surface area contributed by atoms with Crippen LogP contribution in [0.25, 0.3) is 6.08 Å². The maximum atomic E-state index is 12.7. The van der Waals surface area contributed by atoms with Gasteiger partial charge in [0.25, 0.3) is 0 Å². The monoisotopic (exact) mass is 324 g/mol. The predicted molar refractivity (Wildman–Crippen MR) is 88.1 cm³/mol. The van der Waals surface area contributed by atoms with Crippen molar-refractivity contribution in [1.82, 2.24) is 0 Å². The normalized spacial score (nSPS) is 16.4. The number of fused-ring (bicyclic) bond motifs is 2. The first-order valence-corrected chi connectivity index (χ1v) is 7.59. The molecule has 0 amide bonds. The van der Waals surface area contributed by atoms with Gasteiger partial charge in [-0.25, -0.2) is 0 Å². The van der Waals surface area contributed by atoms with E-state index in [1.54, 1.807) is 26.4 Å². The van der Waals surface area contributed by atoms with Crippen molar-refractivity contribution >= 4 is 11.9 Å². The Morgan fingerprint density at radius 2 is 1.62 bits per heavy atom. The lowest BCUT2D eigenvalue weighted by Gasteiger charge is -2.06.